The normalized spacial score (nSPS) is 21.4. The van der Waals surface area contributed by atoms with Crippen molar-refractivity contribution in [3.8, 4) is 11.3 Å². The van der Waals surface area contributed by atoms with E-state index in [4.69, 9.17) is 9.15 Å². The van der Waals surface area contributed by atoms with Gasteiger partial charge in [-0.3, -0.25) is 14.4 Å². The molecule has 0 spiro atoms. The van der Waals surface area contributed by atoms with Crippen LogP contribution in [0.1, 0.15) is 57.2 Å². The predicted octanol–water partition coefficient (Wildman–Crippen LogP) is 3.40. The fourth-order valence-electron chi connectivity index (χ4n) is 4.22. The van der Waals surface area contributed by atoms with Crippen LogP contribution in [0.25, 0.3) is 11.3 Å². The lowest BCUT2D eigenvalue weighted by Gasteiger charge is -2.35. The van der Waals surface area contributed by atoms with Gasteiger partial charge in [-0.05, 0) is 49.8 Å². The molecule has 0 bridgehead atoms. The number of Topliss-reactive ketones (excluding diaryl/α,β-unsaturated/α-hetero) is 2. The molecule has 0 fully saturated rings. The van der Waals surface area contributed by atoms with E-state index in [2.05, 4.69) is 0 Å². The van der Waals surface area contributed by atoms with Gasteiger partial charge in [0, 0.05) is 11.1 Å². The second-order valence-electron chi connectivity index (χ2n) is 6.97. The van der Waals surface area contributed by atoms with Gasteiger partial charge < -0.3 is 9.15 Å². The van der Waals surface area contributed by atoms with E-state index in [1.807, 2.05) is 13.0 Å². The molecule has 2 aliphatic carbocycles. The molecule has 0 aliphatic heterocycles. The van der Waals surface area contributed by atoms with Gasteiger partial charge >= 0.3 is 5.97 Å². The largest absolute Gasteiger partial charge is 0.468 e. The van der Waals surface area contributed by atoms with Crippen LogP contribution in [0.2, 0.25) is 0 Å². The molecule has 2 aromatic rings. The maximum absolute atomic E-state index is 12.8. The van der Waals surface area contributed by atoms with Gasteiger partial charge in [-0.2, -0.15) is 0 Å². The topological polar surface area (TPSA) is 73.6 Å². The molecule has 4 rings (SSSR count). The zero-order chi connectivity index (χ0) is 17.9. The van der Waals surface area contributed by atoms with Crippen LogP contribution in [0, 0.1) is 6.92 Å². The Kier molecular flexibility index (Phi) is 3.26. The highest BCUT2D eigenvalue weighted by molar-refractivity contribution is 6.53. The lowest BCUT2D eigenvalue weighted by molar-refractivity contribution is -0.147. The van der Waals surface area contributed by atoms with Crippen LogP contribution >= 0.6 is 0 Å². The number of hydrogen-bond acceptors (Lipinski definition) is 5. The number of methoxy groups -OCH3 is 1. The minimum Gasteiger partial charge on any atom is -0.468 e. The van der Waals surface area contributed by atoms with Crippen LogP contribution in [0.4, 0.5) is 0 Å². The summed E-state index contributed by atoms with van der Waals surface area (Å²) in [5, 5.41) is 0. The molecule has 0 saturated heterocycles. The van der Waals surface area contributed by atoms with E-state index in [0.717, 1.165) is 17.5 Å². The van der Waals surface area contributed by atoms with Gasteiger partial charge in [0.1, 0.15) is 5.76 Å². The first-order valence-corrected chi connectivity index (χ1v) is 8.32. The minimum absolute atomic E-state index is 0.322. The van der Waals surface area contributed by atoms with Crippen molar-refractivity contribution in [2.24, 2.45) is 0 Å². The molecule has 0 N–H and O–H groups in total. The van der Waals surface area contributed by atoms with Crippen molar-refractivity contribution in [3.63, 3.8) is 0 Å². The Morgan fingerprint density at radius 3 is 2.64 bits per heavy atom. The lowest BCUT2D eigenvalue weighted by atomic mass is 9.68. The van der Waals surface area contributed by atoms with Crippen molar-refractivity contribution >= 4 is 17.5 Å². The first-order valence-electron chi connectivity index (χ1n) is 8.32. The maximum Gasteiger partial charge on any atom is 0.316 e. The number of ketones is 2. The van der Waals surface area contributed by atoms with Gasteiger partial charge in [-0.25, -0.2) is 0 Å². The van der Waals surface area contributed by atoms with Crippen molar-refractivity contribution in [2.45, 2.75) is 38.5 Å². The average molecular weight is 338 g/mol. The number of carbonyl (C=O) groups excluding carboxylic acids is 3. The quantitative estimate of drug-likeness (QED) is 0.588. The molecule has 2 aliphatic rings. The molecule has 1 unspecified atom stereocenters. The zero-order valence-electron chi connectivity index (χ0n) is 14.4. The first-order chi connectivity index (χ1) is 11.9. The van der Waals surface area contributed by atoms with E-state index >= 15 is 0 Å². The maximum atomic E-state index is 12.8. The van der Waals surface area contributed by atoms with E-state index in [1.165, 1.54) is 13.4 Å². The lowest BCUT2D eigenvalue weighted by Crippen LogP contribution is -2.38. The van der Waals surface area contributed by atoms with Crippen molar-refractivity contribution in [3.05, 3.63) is 46.2 Å². The van der Waals surface area contributed by atoms with E-state index in [0.29, 0.717) is 40.9 Å². The average Bonchev–Trinajstić information content (AvgIpc) is 3.00. The standard InChI is InChI=1S/C20H18O5/c1-10-9-25-18-12-6-7-13-11(15(12)17(22)16(21)14(10)18)5-4-8-20(13,2)19(23)24-3/h6-7,9H,4-5,8H2,1-3H3. The summed E-state index contributed by atoms with van der Waals surface area (Å²) in [6, 6.07) is 3.65. The third-order valence-electron chi connectivity index (χ3n) is 5.53. The van der Waals surface area contributed by atoms with Crippen LogP contribution in [-0.4, -0.2) is 24.6 Å². The molecule has 1 aromatic carbocycles. The SMILES string of the molecule is COC(=O)C1(C)CCCc2c1ccc1c2C(=O)C(=O)c2c(C)coc2-1. The molecule has 0 saturated carbocycles. The first kappa shape index (κ1) is 15.8. The number of carbonyl (C=O) groups is 3. The molecule has 0 radical (unpaired) electrons. The Bertz CT molecular complexity index is 949. The van der Waals surface area contributed by atoms with Gasteiger partial charge in [0.05, 0.1) is 24.4 Å². The molecular weight excluding hydrogens is 320 g/mol. The molecule has 1 aromatic heterocycles. The summed E-state index contributed by atoms with van der Waals surface area (Å²) in [5.41, 5.74) is 2.78. The van der Waals surface area contributed by atoms with E-state index in [1.54, 1.807) is 13.0 Å². The van der Waals surface area contributed by atoms with Gasteiger partial charge in [0.2, 0.25) is 11.6 Å². The summed E-state index contributed by atoms with van der Waals surface area (Å²) < 4.78 is 10.6. The minimum atomic E-state index is -0.806. The molecule has 5 nitrogen and oxygen atoms in total. The van der Waals surface area contributed by atoms with Crippen LogP contribution in [-0.2, 0) is 21.4 Å². The van der Waals surface area contributed by atoms with Crippen molar-refractivity contribution in [1.82, 2.24) is 0 Å². The number of ether oxygens (including phenoxy) is 1. The molecular formula is C20H18O5. The number of aryl methyl sites for hydroxylation is 1. The third kappa shape index (κ3) is 1.92. The summed E-state index contributed by atoms with van der Waals surface area (Å²) >= 11 is 0. The van der Waals surface area contributed by atoms with E-state index in [9.17, 15) is 14.4 Å². The van der Waals surface area contributed by atoms with Gasteiger partial charge in [-0.15, -0.1) is 0 Å². The number of hydrogen-bond donors (Lipinski definition) is 0. The zero-order valence-corrected chi connectivity index (χ0v) is 14.4. The summed E-state index contributed by atoms with van der Waals surface area (Å²) in [5.74, 6) is -0.923. The second kappa shape index (κ2) is 5.15. The Morgan fingerprint density at radius 1 is 1.20 bits per heavy atom. The molecule has 1 heterocycles. The smallest absolute Gasteiger partial charge is 0.316 e. The highest BCUT2D eigenvalue weighted by atomic mass is 16.5. The number of furan rings is 1. The molecule has 1 atom stereocenters. The van der Waals surface area contributed by atoms with Crippen LogP contribution in [0.3, 0.4) is 0 Å². The Hall–Kier alpha value is -2.69. The number of benzene rings is 1. The monoisotopic (exact) mass is 338 g/mol. The fraction of sp³-hybridized carbons (Fsp3) is 0.350. The van der Waals surface area contributed by atoms with Crippen molar-refractivity contribution < 1.29 is 23.5 Å². The molecule has 25 heavy (non-hydrogen) atoms. The van der Waals surface area contributed by atoms with Crippen LogP contribution < -0.4 is 0 Å². The number of fused-ring (bicyclic) bond motifs is 5. The van der Waals surface area contributed by atoms with E-state index in [-0.39, 0.29) is 5.97 Å². The molecule has 128 valence electrons. The molecule has 5 heteroatoms. The van der Waals surface area contributed by atoms with E-state index < -0.39 is 17.0 Å². The summed E-state index contributed by atoms with van der Waals surface area (Å²) in [6.45, 7) is 3.59. The van der Waals surface area contributed by atoms with Crippen molar-refractivity contribution in [1.29, 1.82) is 0 Å². The Balaban J connectivity index is 2.02. The predicted molar refractivity (Wildman–Crippen MR) is 89.8 cm³/mol. The summed E-state index contributed by atoms with van der Waals surface area (Å²) in [4.78, 5) is 37.8. The summed E-state index contributed by atoms with van der Waals surface area (Å²) in [6.07, 6.45) is 3.56. The highest BCUT2D eigenvalue weighted by Crippen LogP contribution is 2.45. The third-order valence-corrected chi connectivity index (χ3v) is 5.53. The molecule has 0 amide bonds. The highest BCUT2D eigenvalue weighted by Gasteiger charge is 2.44. The Morgan fingerprint density at radius 2 is 1.92 bits per heavy atom. The number of rotatable bonds is 1. The summed E-state index contributed by atoms with van der Waals surface area (Å²) in [7, 11) is 1.37. The van der Waals surface area contributed by atoms with Gasteiger partial charge in [-0.1, -0.05) is 12.1 Å². The van der Waals surface area contributed by atoms with Crippen LogP contribution in [0.5, 0.6) is 0 Å². The Labute approximate surface area is 145 Å². The van der Waals surface area contributed by atoms with Crippen LogP contribution in [0.15, 0.2) is 22.8 Å². The van der Waals surface area contributed by atoms with Gasteiger partial charge in [0.25, 0.3) is 0 Å². The second-order valence-corrected chi connectivity index (χ2v) is 6.97. The van der Waals surface area contributed by atoms with Gasteiger partial charge in [0.15, 0.2) is 0 Å². The number of esters is 1. The van der Waals surface area contributed by atoms with Crippen molar-refractivity contribution in [2.75, 3.05) is 7.11 Å². The fourth-order valence-corrected chi connectivity index (χ4v) is 4.22.